The molecule has 0 radical (unpaired) electrons. The lowest BCUT2D eigenvalue weighted by atomic mass is 10.1. The standard InChI is InChI=1S/C24H25N5O2/c30-23(8-11-29-9-2-1-3-10-29)26-18-5-7-22-19(14-18)20(24(31)27-22)13-16-4-6-21-17(12-16)15-25-28-21/h4-7,12-15,27,31H,1-3,8-11H2,(H,26,30)/b16-13-. The summed E-state index contributed by atoms with van der Waals surface area (Å²) in [5.41, 5.74) is 3.18. The van der Waals surface area contributed by atoms with Crippen molar-refractivity contribution in [2.24, 2.45) is 10.2 Å². The van der Waals surface area contributed by atoms with Crippen LogP contribution in [0.3, 0.4) is 0 Å². The number of carbonyl (C=O) groups is 1. The first kappa shape index (κ1) is 19.5. The highest BCUT2D eigenvalue weighted by Gasteiger charge is 2.13. The second-order valence-electron chi connectivity index (χ2n) is 8.16. The van der Waals surface area contributed by atoms with Gasteiger partial charge in [-0.3, -0.25) is 4.79 Å². The van der Waals surface area contributed by atoms with Crippen molar-refractivity contribution in [3.05, 3.63) is 58.1 Å². The van der Waals surface area contributed by atoms with Crippen molar-refractivity contribution in [3.63, 3.8) is 0 Å². The van der Waals surface area contributed by atoms with Gasteiger partial charge in [0.1, 0.15) is 0 Å². The average Bonchev–Trinajstić information content (AvgIpc) is 3.37. The highest BCUT2D eigenvalue weighted by molar-refractivity contribution is 5.97. The number of hydrogen-bond acceptors (Lipinski definition) is 5. The molecule has 7 heteroatoms. The van der Waals surface area contributed by atoms with Gasteiger partial charge < -0.3 is 20.3 Å². The summed E-state index contributed by atoms with van der Waals surface area (Å²) in [4.78, 5) is 17.8. The number of H-pyrrole nitrogens is 1. The fourth-order valence-electron chi connectivity index (χ4n) is 4.27. The minimum atomic E-state index is 0.0110. The molecule has 158 valence electrons. The topological polar surface area (TPSA) is 93.1 Å². The molecule has 3 heterocycles. The molecule has 2 aliphatic heterocycles. The maximum atomic E-state index is 12.5. The van der Waals surface area contributed by atoms with Crippen molar-refractivity contribution >= 4 is 34.8 Å². The predicted octanol–water partition coefficient (Wildman–Crippen LogP) is 2.48. The number of rotatable bonds is 5. The number of carbonyl (C=O) groups excluding carboxylic acids is 1. The van der Waals surface area contributed by atoms with E-state index in [1.165, 1.54) is 19.3 Å². The summed E-state index contributed by atoms with van der Waals surface area (Å²) in [5.74, 6) is 0.110. The van der Waals surface area contributed by atoms with Crippen molar-refractivity contribution in [2.45, 2.75) is 25.7 Å². The Labute approximate surface area is 179 Å². The molecule has 0 aliphatic carbocycles. The summed E-state index contributed by atoms with van der Waals surface area (Å²) in [6.45, 7) is 2.97. The van der Waals surface area contributed by atoms with Crippen LogP contribution in [0.4, 0.5) is 5.69 Å². The van der Waals surface area contributed by atoms with Gasteiger partial charge in [0, 0.05) is 40.7 Å². The third-order valence-corrected chi connectivity index (χ3v) is 5.93. The number of nitrogens with one attached hydrogen (secondary N) is 2. The quantitative estimate of drug-likeness (QED) is 0.598. The van der Waals surface area contributed by atoms with E-state index >= 15 is 0 Å². The third-order valence-electron chi connectivity index (χ3n) is 5.93. The summed E-state index contributed by atoms with van der Waals surface area (Å²) < 4.78 is 0. The molecule has 1 fully saturated rings. The molecule has 1 saturated heterocycles. The van der Waals surface area contributed by atoms with Crippen LogP contribution in [0.2, 0.25) is 0 Å². The molecule has 2 aliphatic rings. The Kier molecular flexibility index (Phi) is 5.26. The van der Waals surface area contributed by atoms with E-state index in [0.29, 0.717) is 12.0 Å². The summed E-state index contributed by atoms with van der Waals surface area (Å²) in [5, 5.41) is 24.1. The second-order valence-corrected chi connectivity index (χ2v) is 8.16. The van der Waals surface area contributed by atoms with Gasteiger partial charge in [-0.15, -0.1) is 0 Å². The number of piperidine rings is 1. The molecule has 0 saturated carbocycles. The Morgan fingerprint density at radius 2 is 2.03 bits per heavy atom. The number of hydrogen-bond donors (Lipinski definition) is 3. The molecule has 3 N–H and O–H groups in total. The number of amides is 1. The van der Waals surface area contributed by atoms with Crippen LogP contribution >= 0.6 is 0 Å². The van der Waals surface area contributed by atoms with Gasteiger partial charge in [0.2, 0.25) is 5.91 Å². The zero-order valence-electron chi connectivity index (χ0n) is 17.3. The van der Waals surface area contributed by atoms with E-state index < -0.39 is 0 Å². The largest absolute Gasteiger partial charge is 0.494 e. The van der Waals surface area contributed by atoms with Gasteiger partial charge >= 0.3 is 0 Å². The molecule has 0 atom stereocenters. The van der Waals surface area contributed by atoms with E-state index in [0.717, 1.165) is 52.4 Å². The van der Waals surface area contributed by atoms with Crippen molar-refractivity contribution in [2.75, 3.05) is 25.0 Å². The van der Waals surface area contributed by atoms with Gasteiger partial charge in [0.15, 0.2) is 5.88 Å². The maximum absolute atomic E-state index is 12.5. The molecular formula is C24H25N5O2. The Morgan fingerprint density at radius 1 is 1.16 bits per heavy atom. The third kappa shape index (κ3) is 4.22. The van der Waals surface area contributed by atoms with E-state index in [1.54, 1.807) is 6.21 Å². The Bertz CT molecular complexity index is 1290. The first-order chi connectivity index (χ1) is 15.2. The van der Waals surface area contributed by atoms with E-state index in [1.807, 2.05) is 42.5 Å². The number of fused-ring (bicyclic) bond motifs is 2. The lowest BCUT2D eigenvalue weighted by molar-refractivity contribution is -0.116. The Balaban J connectivity index is 1.37. The van der Waals surface area contributed by atoms with Crippen molar-refractivity contribution in [1.82, 2.24) is 9.88 Å². The maximum Gasteiger partial charge on any atom is 0.225 e. The minimum Gasteiger partial charge on any atom is -0.494 e. The first-order valence-corrected chi connectivity index (χ1v) is 10.8. The number of aromatic hydroxyl groups is 1. The molecule has 0 spiro atoms. The molecule has 0 unspecified atom stereocenters. The number of aromatic nitrogens is 1. The van der Waals surface area contributed by atoms with Crippen LogP contribution in [-0.4, -0.2) is 46.7 Å². The van der Waals surface area contributed by atoms with Gasteiger partial charge in [-0.05, 0) is 67.6 Å². The SMILES string of the molecule is O=C(CCN1CCCCC1)Nc1ccc2[nH]c(O)c(/C=c3/ccc4c(c3)C=NN=4)c2c1. The van der Waals surface area contributed by atoms with E-state index in [2.05, 4.69) is 25.4 Å². The minimum absolute atomic E-state index is 0.0110. The average molecular weight is 415 g/mol. The first-order valence-electron chi connectivity index (χ1n) is 10.8. The van der Waals surface area contributed by atoms with E-state index in [4.69, 9.17) is 0 Å². The monoisotopic (exact) mass is 415 g/mol. The summed E-state index contributed by atoms with van der Waals surface area (Å²) in [6.07, 6.45) is 7.86. The van der Waals surface area contributed by atoms with Crippen LogP contribution < -0.4 is 15.9 Å². The fourth-order valence-corrected chi connectivity index (χ4v) is 4.27. The normalized spacial score (nSPS) is 16.5. The predicted molar refractivity (Wildman–Crippen MR) is 122 cm³/mol. The lowest BCUT2D eigenvalue weighted by Crippen LogP contribution is -2.32. The molecule has 7 nitrogen and oxygen atoms in total. The van der Waals surface area contributed by atoms with Gasteiger partial charge in [-0.2, -0.15) is 10.2 Å². The molecule has 0 bridgehead atoms. The van der Waals surface area contributed by atoms with Crippen LogP contribution in [0.15, 0.2) is 46.6 Å². The van der Waals surface area contributed by atoms with Crippen LogP contribution in [0, 0.1) is 0 Å². The van der Waals surface area contributed by atoms with E-state index in [9.17, 15) is 9.90 Å². The lowest BCUT2D eigenvalue weighted by Gasteiger charge is -2.25. The molecule has 31 heavy (non-hydrogen) atoms. The molecule has 5 rings (SSSR count). The highest BCUT2D eigenvalue weighted by atomic mass is 16.3. The molecular weight excluding hydrogens is 390 g/mol. The molecule has 2 aromatic carbocycles. The fraction of sp³-hybridized carbons (Fsp3) is 0.292. The number of benzene rings is 2. The van der Waals surface area contributed by atoms with Crippen molar-refractivity contribution in [1.29, 1.82) is 0 Å². The number of aromatic amines is 1. The summed E-state index contributed by atoms with van der Waals surface area (Å²) in [6, 6.07) is 11.5. The van der Waals surface area contributed by atoms with Gasteiger partial charge in [0.05, 0.1) is 11.6 Å². The van der Waals surface area contributed by atoms with Crippen LogP contribution in [0.5, 0.6) is 5.88 Å². The van der Waals surface area contributed by atoms with Crippen LogP contribution in [0.1, 0.15) is 36.8 Å². The Morgan fingerprint density at radius 3 is 2.90 bits per heavy atom. The molecule has 1 aromatic heterocycles. The van der Waals surface area contributed by atoms with Gasteiger partial charge in [-0.25, -0.2) is 0 Å². The van der Waals surface area contributed by atoms with E-state index in [-0.39, 0.29) is 11.8 Å². The van der Waals surface area contributed by atoms with Gasteiger partial charge in [-0.1, -0.05) is 12.5 Å². The van der Waals surface area contributed by atoms with Gasteiger partial charge in [0.25, 0.3) is 0 Å². The number of likely N-dealkylation sites (tertiary alicyclic amines) is 1. The Hall–Kier alpha value is -3.45. The smallest absolute Gasteiger partial charge is 0.225 e. The summed E-state index contributed by atoms with van der Waals surface area (Å²) >= 11 is 0. The zero-order chi connectivity index (χ0) is 21.2. The number of anilines is 1. The van der Waals surface area contributed by atoms with Crippen molar-refractivity contribution in [3.8, 4) is 5.88 Å². The number of nitrogens with zero attached hydrogens (tertiary/aromatic N) is 3. The van der Waals surface area contributed by atoms with Crippen LogP contribution in [0.25, 0.3) is 17.0 Å². The molecule has 3 aromatic rings. The summed E-state index contributed by atoms with van der Waals surface area (Å²) in [7, 11) is 0. The highest BCUT2D eigenvalue weighted by Crippen LogP contribution is 2.30. The second kappa shape index (κ2) is 8.35. The zero-order valence-corrected chi connectivity index (χ0v) is 17.3. The van der Waals surface area contributed by atoms with Crippen LogP contribution in [-0.2, 0) is 4.79 Å². The van der Waals surface area contributed by atoms with Crippen molar-refractivity contribution < 1.29 is 9.90 Å². The molecule has 1 amide bonds.